The van der Waals surface area contributed by atoms with E-state index in [1.54, 1.807) is 0 Å². The first-order valence-corrected chi connectivity index (χ1v) is 7.22. The maximum absolute atomic E-state index is 6.40. The van der Waals surface area contributed by atoms with Crippen molar-refractivity contribution in [3.05, 3.63) is 19.8 Å². The van der Waals surface area contributed by atoms with E-state index in [0.717, 1.165) is 26.7 Å². The Bertz CT molecular complexity index is 336. The predicted octanol–water partition coefficient (Wildman–Crippen LogP) is 4.87. The quantitative estimate of drug-likeness (QED) is 0.703. The molecule has 0 amide bonds. The molecule has 1 aromatic rings. The third-order valence-corrected chi connectivity index (χ3v) is 5.84. The topological polar surface area (TPSA) is 9.23 Å². The van der Waals surface area contributed by atoms with E-state index < -0.39 is 0 Å². The largest absolute Gasteiger partial charge is 0.376 e. The summed E-state index contributed by atoms with van der Waals surface area (Å²) in [5.74, 6) is 0.521. The molecule has 3 unspecified atom stereocenters. The smallest absolute Gasteiger partial charge is 0.107 e. The van der Waals surface area contributed by atoms with Crippen molar-refractivity contribution in [2.24, 2.45) is 5.92 Å². The molecule has 0 aliphatic carbocycles. The zero-order chi connectivity index (χ0) is 11.0. The lowest BCUT2D eigenvalue weighted by Crippen LogP contribution is -2.18. The second kappa shape index (κ2) is 4.92. The number of ether oxygens (including phenoxy) is 1. The van der Waals surface area contributed by atoms with Crippen molar-refractivity contribution in [2.45, 2.75) is 24.8 Å². The first-order chi connectivity index (χ1) is 7.09. The fraction of sp³-hybridized carbons (Fsp3) is 0.600. The highest BCUT2D eigenvalue weighted by Gasteiger charge is 2.32. The van der Waals surface area contributed by atoms with Gasteiger partial charge in [-0.15, -0.1) is 22.9 Å². The van der Waals surface area contributed by atoms with Crippen LogP contribution in [0.1, 0.15) is 23.6 Å². The molecule has 3 atom stereocenters. The van der Waals surface area contributed by atoms with Crippen molar-refractivity contribution in [1.82, 2.24) is 0 Å². The fourth-order valence-corrected chi connectivity index (χ4v) is 4.02. The van der Waals surface area contributed by atoms with Crippen molar-refractivity contribution in [2.75, 3.05) is 6.61 Å². The Kier molecular flexibility index (Phi) is 4.00. The predicted molar refractivity (Wildman–Crippen MR) is 69.1 cm³/mol. The summed E-state index contributed by atoms with van der Waals surface area (Å²) < 4.78 is 7.32. The monoisotopic (exact) mass is 328 g/mol. The van der Waals surface area contributed by atoms with E-state index in [4.69, 9.17) is 27.9 Å². The van der Waals surface area contributed by atoms with Crippen molar-refractivity contribution < 1.29 is 4.74 Å². The lowest BCUT2D eigenvalue weighted by atomic mass is 10.0. The third-order valence-electron chi connectivity index (χ3n) is 2.67. The van der Waals surface area contributed by atoms with Crippen LogP contribution in [0.5, 0.6) is 0 Å². The summed E-state index contributed by atoms with van der Waals surface area (Å²) in [5, 5.41) is -0.0868. The van der Waals surface area contributed by atoms with Gasteiger partial charge in [0.2, 0.25) is 0 Å². The van der Waals surface area contributed by atoms with E-state index in [1.165, 1.54) is 11.3 Å². The highest BCUT2D eigenvalue weighted by Crippen LogP contribution is 2.42. The summed E-state index contributed by atoms with van der Waals surface area (Å²) in [4.78, 5) is 1.08. The van der Waals surface area contributed by atoms with E-state index >= 15 is 0 Å². The number of alkyl halides is 1. The molecule has 0 N–H and O–H groups in total. The molecule has 0 saturated carbocycles. The lowest BCUT2D eigenvalue weighted by molar-refractivity contribution is 0.0910. The van der Waals surface area contributed by atoms with E-state index in [9.17, 15) is 0 Å². The molecule has 1 saturated heterocycles. The van der Waals surface area contributed by atoms with Crippen LogP contribution in [0.3, 0.4) is 0 Å². The zero-order valence-electron chi connectivity index (χ0n) is 8.17. The Morgan fingerprint density at radius 3 is 2.87 bits per heavy atom. The van der Waals surface area contributed by atoms with Gasteiger partial charge in [0.15, 0.2) is 0 Å². The number of thiophene rings is 1. The van der Waals surface area contributed by atoms with Crippen molar-refractivity contribution >= 4 is 50.5 Å². The van der Waals surface area contributed by atoms with Gasteiger partial charge < -0.3 is 4.74 Å². The minimum Gasteiger partial charge on any atom is -0.376 e. The molecule has 0 aromatic carbocycles. The average molecular weight is 330 g/mol. The number of hydrogen-bond acceptors (Lipinski definition) is 2. The lowest BCUT2D eigenvalue weighted by Gasteiger charge is -2.19. The van der Waals surface area contributed by atoms with E-state index in [-0.39, 0.29) is 11.5 Å². The van der Waals surface area contributed by atoms with E-state index in [1.807, 2.05) is 6.07 Å². The van der Waals surface area contributed by atoms with Crippen LogP contribution in [0.4, 0.5) is 0 Å². The van der Waals surface area contributed by atoms with Gasteiger partial charge in [0.1, 0.15) is 4.34 Å². The molecule has 1 nitrogen and oxygen atoms in total. The number of rotatable bonds is 2. The Hall–Kier alpha value is 0.720. The fourth-order valence-electron chi connectivity index (χ4n) is 1.75. The van der Waals surface area contributed by atoms with Gasteiger partial charge in [0.05, 0.1) is 11.5 Å². The normalized spacial score (nSPS) is 28.3. The van der Waals surface area contributed by atoms with Crippen LogP contribution in [-0.2, 0) is 4.74 Å². The molecule has 1 aliphatic heterocycles. The molecule has 1 aliphatic rings. The second-order valence-corrected chi connectivity index (χ2v) is 6.78. The van der Waals surface area contributed by atoms with Gasteiger partial charge >= 0.3 is 0 Å². The van der Waals surface area contributed by atoms with Gasteiger partial charge in [0, 0.05) is 16.0 Å². The summed E-state index contributed by atoms with van der Waals surface area (Å²) in [7, 11) is 0. The SMILES string of the molecule is CC1CCOC1C(Cl)c1cc(Br)c(Cl)s1. The van der Waals surface area contributed by atoms with E-state index in [0.29, 0.717) is 5.92 Å². The number of halogens is 3. The summed E-state index contributed by atoms with van der Waals surface area (Å²) in [6, 6.07) is 1.99. The molecule has 0 radical (unpaired) electrons. The summed E-state index contributed by atoms with van der Waals surface area (Å²) in [6.45, 7) is 2.99. The molecule has 1 fully saturated rings. The second-order valence-electron chi connectivity index (χ2n) is 3.77. The minimum atomic E-state index is -0.0868. The Balaban J connectivity index is 2.16. The number of hydrogen-bond donors (Lipinski definition) is 0. The van der Waals surface area contributed by atoms with Crippen LogP contribution in [0.25, 0.3) is 0 Å². The van der Waals surface area contributed by atoms with Crippen LogP contribution in [-0.4, -0.2) is 12.7 Å². The van der Waals surface area contributed by atoms with Gasteiger partial charge in [-0.05, 0) is 34.3 Å². The third kappa shape index (κ3) is 2.52. The van der Waals surface area contributed by atoms with Gasteiger partial charge in [-0.3, -0.25) is 0 Å². The van der Waals surface area contributed by atoms with Crippen LogP contribution in [0.2, 0.25) is 4.34 Å². The van der Waals surface area contributed by atoms with Gasteiger partial charge in [-0.25, -0.2) is 0 Å². The molecule has 5 heteroatoms. The molecule has 2 heterocycles. The van der Waals surface area contributed by atoms with Crippen LogP contribution < -0.4 is 0 Å². The van der Waals surface area contributed by atoms with E-state index in [2.05, 4.69) is 22.9 Å². The maximum Gasteiger partial charge on any atom is 0.107 e. The Morgan fingerprint density at radius 1 is 1.67 bits per heavy atom. The average Bonchev–Trinajstić information content (AvgIpc) is 2.74. The summed E-state index contributed by atoms with van der Waals surface area (Å²) in [6.07, 6.45) is 1.21. The summed E-state index contributed by atoms with van der Waals surface area (Å²) >= 11 is 17.3. The van der Waals surface area contributed by atoms with Crippen LogP contribution >= 0.6 is 50.5 Å². The molecular formula is C10H11BrCl2OS. The Morgan fingerprint density at radius 2 is 2.40 bits per heavy atom. The molecule has 0 bridgehead atoms. The van der Waals surface area contributed by atoms with Crippen molar-refractivity contribution in [1.29, 1.82) is 0 Å². The molecule has 1 aromatic heterocycles. The van der Waals surface area contributed by atoms with Crippen molar-refractivity contribution in [3.8, 4) is 0 Å². The first kappa shape index (κ1) is 12.2. The molecule has 84 valence electrons. The molecule has 0 spiro atoms. The molecule has 2 rings (SSSR count). The minimum absolute atomic E-state index is 0.0868. The standard InChI is InChI=1S/C10H11BrCl2OS/c1-5-2-3-14-9(5)8(12)7-4-6(11)10(13)15-7/h4-5,8-9H,2-3H2,1H3. The highest BCUT2D eigenvalue weighted by molar-refractivity contribution is 9.10. The van der Waals surface area contributed by atoms with Crippen LogP contribution in [0, 0.1) is 5.92 Å². The maximum atomic E-state index is 6.40. The highest BCUT2D eigenvalue weighted by atomic mass is 79.9. The zero-order valence-corrected chi connectivity index (χ0v) is 12.1. The molecular weight excluding hydrogens is 319 g/mol. The van der Waals surface area contributed by atoms with Gasteiger partial charge in [-0.1, -0.05) is 18.5 Å². The van der Waals surface area contributed by atoms with Gasteiger partial charge in [-0.2, -0.15) is 0 Å². The van der Waals surface area contributed by atoms with Gasteiger partial charge in [0.25, 0.3) is 0 Å². The Labute approximate surface area is 112 Å². The summed E-state index contributed by atoms with van der Waals surface area (Å²) in [5.41, 5.74) is 0. The van der Waals surface area contributed by atoms with Crippen LogP contribution in [0.15, 0.2) is 10.5 Å². The first-order valence-electron chi connectivity index (χ1n) is 4.80. The van der Waals surface area contributed by atoms with Crippen molar-refractivity contribution in [3.63, 3.8) is 0 Å². The molecule has 15 heavy (non-hydrogen) atoms.